The van der Waals surface area contributed by atoms with E-state index < -0.39 is 0 Å². The van der Waals surface area contributed by atoms with E-state index in [1.807, 2.05) is 24.3 Å². The largest absolute Gasteiger partial charge is 0.311 e. The minimum Gasteiger partial charge on any atom is -0.311 e. The molecule has 16 aliphatic rings. The fourth-order valence-corrected chi connectivity index (χ4v) is 27.8. The predicted molar refractivity (Wildman–Crippen MR) is 301 cm³/mol. The van der Waals surface area contributed by atoms with Gasteiger partial charge in [0.1, 0.15) is 0 Å². The molecular weight excluding hydrogens is 919 g/mol. The number of aromatic nitrogens is 2. The maximum atomic E-state index is 4.89. The molecule has 16 aliphatic carbocycles. The molecule has 0 aliphatic heterocycles. The SMILES string of the molecule is C=Cc1cccc(-c2ccc(N(c3ccc(-c4cccc(C=C)n4)cc3)c3ccc(C4C5C6=C7C8C(C9CCC%10C%11CCCC%12CCC%13C%14C=CC6C6C7C7C%15C%16C(CC%11C%11C%10C9C8C7C%11%16)C%12C%13C%15C%146)C54)cc3)cc2)n1. The van der Waals surface area contributed by atoms with Crippen molar-refractivity contribution in [2.24, 2.45) is 166 Å². The molecule has 0 saturated heterocycles. The summed E-state index contributed by atoms with van der Waals surface area (Å²) >= 11 is 0. The van der Waals surface area contributed by atoms with Crippen LogP contribution in [-0.4, -0.2) is 9.97 Å². The normalized spacial score (nSPS) is 50.1. The van der Waals surface area contributed by atoms with E-state index in [-0.39, 0.29) is 0 Å². The van der Waals surface area contributed by atoms with Gasteiger partial charge in [-0.05, 0) is 283 Å². The van der Waals surface area contributed by atoms with Gasteiger partial charge in [-0.3, -0.25) is 0 Å². The molecule has 0 N–H and O–H groups in total. The molecule has 2 heterocycles. The summed E-state index contributed by atoms with van der Waals surface area (Å²) in [7, 11) is 0. The molecule has 29 unspecified atom stereocenters. The summed E-state index contributed by atoms with van der Waals surface area (Å²) in [5, 5.41) is 0. The molecule has 0 spiro atoms. The third-order valence-corrected chi connectivity index (χ3v) is 28.3. The average Bonchev–Trinajstić information content (AvgIpc) is 2.27. The van der Waals surface area contributed by atoms with Crippen LogP contribution < -0.4 is 4.90 Å². The molecule has 2 aromatic heterocycles. The fraction of sp³-hybridized carbons (Fsp3) is 0.507. The summed E-state index contributed by atoms with van der Waals surface area (Å²) in [6.07, 6.45) is 22.6. The third kappa shape index (κ3) is 4.67. The Hall–Kier alpha value is -5.28. The quantitative estimate of drug-likeness (QED) is 0.145. The number of rotatable bonds is 8. The van der Waals surface area contributed by atoms with Crippen LogP contribution in [0.4, 0.5) is 17.1 Å². The zero-order valence-electron chi connectivity index (χ0n) is 43.9. The van der Waals surface area contributed by atoms with Crippen molar-refractivity contribution >= 4 is 29.2 Å². The van der Waals surface area contributed by atoms with Gasteiger partial charge in [0, 0.05) is 34.1 Å². The lowest BCUT2D eigenvalue weighted by Crippen LogP contribution is -2.58. The van der Waals surface area contributed by atoms with Gasteiger partial charge in [-0.15, -0.1) is 0 Å². The average molecular weight is 990 g/mol. The summed E-state index contributed by atoms with van der Waals surface area (Å²) in [6, 6.07) is 40.9. The topological polar surface area (TPSA) is 29.0 Å². The molecule has 378 valence electrons. The van der Waals surface area contributed by atoms with Crippen molar-refractivity contribution in [1.29, 1.82) is 0 Å². The molecule has 29 atom stereocenters. The highest BCUT2D eigenvalue weighted by Gasteiger charge is 2.87. The second-order valence-electron chi connectivity index (χ2n) is 29.1. The second kappa shape index (κ2) is 14.1. The summed E-state index contributed by atoms with van der Waals surface area (Å²) in [5.41, 5.74) is 15.6. The minimum atomic E-state index is 0.688. The zero-order valence-corrected chi connectivity index (χ0v) is 43.9. The van der Waals surface area contributed by atoms with Crippen molar-refractivity contribution in [3.8, 4) is 22.5 Å². The first kappa shape index (κ1) is 41.8. The van der Waals surface area contributed by atoms with Gasteiger partial charge in [0.05, 0.1) is 22.8 Å². The molecule has 3 nitrogen and oxygen atoms in total. The van der Waals surface area contributed by atoms with Crippen LogP contribution in [0, 0.1) is 166 Å². The highest BCUT2D eigenvalue weighted by Crippen LogP contribution is 2.92. The maximum Gasteiger partial charge on any atom is 0.0709 e. The van der Waals surface area contributed by atoms with E-state index in [0.29, 0.717) is 5.92 Å². The van der Waals surface area contributed by atoms with Crippen LogP contribution in [0.2, 0.25) is 0 Å². The highest BCUT2D eigenvalue weighted by atomic mass is 15.1. The van der Waals surface area contributed by atoms with Gasteiger partial charge in [0.15, 0.2) is 0 Å². The van der Waals surface area contributed by atoms with Crippen LogP contribution in [0.5, 0.6) is 0 Å². The minimum absolute atomic E-state index is 0.688. The number of benzene rings is 3. The molecule has 13 fully saturated rings. The van der Waals surface area contributed by atoms with Crippen molar-refractivity contribution < 1.29 is 0 Å². The zero-order chi connectivity index (χ0) is 48.9. The lowest BCUT2D eigenvalue weighted by atomic mass is 9.42. The molecular formula is C73H71N3. The van der Waals surface area contributed by atoms with Crippen molar-refractivity contribution in [2.75, 3.05) is 4.90 Å². The Bertz CT molecular complexity index is 3360. The van der Waals surface area contributed by atoms with Crippen molar-refractivity contribution in [3.05, 3.63) is 163 Å². The summed E-state index contributed by atoms with van der Waals surface area (Å²) < 4.78 is 0. The van der Waals surface area contributed by atoms with Crippen molar-refractivity contribution in [2.45, 2.75) is 57.3 Å². The lowest BCUT2D eigenvalue weighted by Gasteiger charge is -2.62. The Balaban J connectivity index is 0.699. The second-order valence-corrected chi connectivity index (χ2v) is 29.1. The van der Waals surface area contributed by atoms with Crippen LogP contribution in [0.1, 0.15) is 74.2 Å². The van der Waals surface area contributed by atoms with Gasteiger partial charge < -0.3 is 4.90 Å². The van der Waals surface area contributed by atoms with Crippen LogP contribution in [0.15, 0.2) is 146 Å². The van der Waals surface area contributed by atoms with E-state index in [2.05, 4.69) is 138 Å². The van der Waals surface area contributed by atoms with Crippen molar-refractivity contribution in [3.63, 3.8) is 0 Å². The van der Waals surface area contributed by atoms with E-state index in [4.69, 9.17) is 9.97 Å². The first-order valence-corrected chi connectivity index (χ1v) is 31.4. The molecule has 2 bridgehead atoms. The van der Waals surface area contributed by atoms with E-state index in [9.17, 15) is 0 Å². The van der Waals surface area contributed by atoms with Crippen LogP contribution in [0.3, 0.4) is 0 Å². The number of fused-ring (bicyclic) bond motifs is 7. The van der Waals surface area contributed by atoms with Gasteiger partial charge in [0.25, 0.3) is 0 Å². The van der Waals surface area contributed by atoms with E-state index >= 15 is 0 Å². The smallest absolute Gasteiger partial charge is 0.0709 e. The molecule has 3 heteroatoms. The van der Waals surface area contributed by atoms with E-state index in [1.165, 1.54) is 5.69 Å². The van der Waals surface area contributed by atoms with Crippen molar-refractivity contribution in [1.82, 2.24) is 9.97 Å². The molecule has 0 radical (unpaired) electrons. The number of hydrogen-bond acceptors (Lipinski definition) is 3. The number of nitrogens with zero attached hydrogens (tertiary/aromatic N) is 3. The summed E-state index contributed by atoms with van der Waals surface area (Å²) in [5.74, 6) is 29.4. The maximum absolute atomic E-state index is 4.89. The molecule has 76 heavy (non-hydrogen) atoms. The highest BCUT2D eigenvalue weighted by molar-refractivity contribution is 5.79. The van der Waals surface area contributed by atoms with Gasteiger partial charge in [-0.25, -0.2) is 9.97 Å². The molecule has 21 rings (SSSR count). The Kier molecular flexibility index (Phi) is 7.76. The van der Waals surface area contributed by atoms with Crippen LogP contribution in [-0.2, 0) is 0 Å². The predicted octanol–water partition coefficient (Wildman–Crippen LogP) is 16.1. The van der Waals surface area contributed by atoms with Gasteiger partial charge in [0.2, 0.25) is 0 Å². The lowest BCUT2D eigenvalue weighted by molar-refractivity contribution is -0.148. The Morgan fingerprint density at radius 2 is 0.974 bits per heavy atom. The van der Waals surface area contributed by atoms with Gasteiger partial charge in [-0.2, -0.15) is 0 Å². The fourth-order valence-electron chi connectivity index (χ4n) is 27.8. The standard InChI is InChI=1S/C73H71N3/c1-3-37-9-6-12-50(74-37)33-14-21-39(22-15-33)76(40-23-16-34(17-24-40)51-13-7-10-38(4-2)75-51)41-25-18-36(19-26-41)53-63-59-46-30-28-43-42-11-5-8-35-20-27-44-45-29-31-47-58-56(45)65-54(44)52(35)49-32-48(42)61-55(43)57(46)67-69(59)70(60(47)64(53)63)68(58)73-71(65)62(49)66(61)72(67)73/h3-4,6-7,9-10,12-19,21-26,29,31,35,42-49,52-59,61-69,71-73H,1-2,5,8,11,20,27-28,30,32H2. The third-order valence-electron chi connectivity index (χ3n) is 28.3. The summed E-state index contributed by atoms with van der Waals surface area (Å²) in [4.78, 5) is 12.3. The Morgan fingerprint density at radius 1 is 0.395 bits per heavy atom. The first-order chi connectivity index (χ1) is 37.6. The molecule has 3 aromatic carbocycles. The Labute approximate surface area is 449 Å². The number of allylic oxidation sites excluding steroid dienone is 4. The molecule has 13 saturated carbocycles. The van der Waals surface area contributed by atoms with E-state index in [1.54, 1.807) is 56.9 Å². The van der Waals surface area contributed by atoms with Crippen LogP contribution >= 0.6 is 0 Å². The van der Waals surface area contributed by atoms with E-state index in [0.717, 1.165) is 211 Å². The van der Waals surface area contributed by atoms with Crippen LogP contribution in [0.25, 0.3) is 34.7 Å². The molecule has 5 aromatic rings. The first-order valence-electron chi connectivity index (χ1n) is 31.4. The number of anilines is 3. The molecule has 0 amide bonds. The number of hydrogen-bond donors (Lipinski definition) is 0. The van der Waals surface area contributed by atoms with Gasteiger partial charge >= 0.3 is 0 Å². The van der Waals surface area contributed by atoms with Gasteiger partial charge in [-0.1, -0.05) is 97.8 Å². The Morgan fingerprint density at radius 3 is 1.70 bits per heavy atom. The monoisotopic (exact) mass is 990 g/mol. The summed E-state index contributed by atoms with van der Waals surface area (Å²) in [6.45, 7) is 7.98. The number of pyridine rings is 2.